The largest absolute Gasteiger partial charge is 0.387 e. The summed E-state index contributed by atoms with van der Waals surface area (Å²) in [5, 5.41) is 7.46. The van der Waals surface area contributed by atoms with Gasteiger partial charge in [0.05, 0.1) is 17.3 Å². The molecule has 1 heterocycles. The average molecular weight is 530 g/mol. The number of halogens is 2. The Bertz CT molecular complexity index is 1030. The van der Waals surface area contributed by atoms with Crippen LogP contribution in [0.15, 0.2) is 54.3 Å². The molecule has 1 aromatic heterocycles. The minimum atomic E-state index is -2.99. The second-order valence-electron chi connectivity index (χ2n) is 9.92. The molecule has 2 fully saturated rings. The van der Waals surface area contributed by atoms with E-state index < -0.39 is 6.11 Å². The molecule has 3 aliphatic rings. The summed E-state index contributed by atoms with van der Waals surface area (Å²) in [5.41, 5.74) is 4.61. The molecule has 0 aliphatic heterocycles. The smallest absolute Gasteiger partial charge is 0.353 e. The van der Waals surface area contributed by atoms with Gasteiger partial charge in [0.2, 0.25) is 0 Å². The molecule has 0 saturated heterocycles. The molecule has 2 saturated carbocycles. The first-order chi connectivity index (χ1) is 18.3. The summed E-state index contributed by atoms with van der Waals surface area (Å²) in [6.45, 7) is 7.70. The SMILES string of the molecule is CC.CC(F)(F)OC1CC(NC=C2C=C2)C1.CNCc1ccc2cc(C)ccc2n1.O=CC1CCCCC1. The van der Waals surface area contributed by atoms with Gasteiger partial charge in [-0.1, -0.05) is 63.0 Å². The number of hydrogen-bond donors (Lipinski definition) is 2. The van der Waals surface area contributed by atoms with Crippen LogP contribution in [0, 0.1) is 12.8 Å². The molecule has 7 heteroatoms. The van der Waals surface area contributed by atoms with Gasteiger partial charge in [0.25, 0.3) is 0 Å². The molecule has 38 heavy (non-hydrogen) atoms. The van der Waals surface area contributed by atoms with E-state index in [-0.39, 0.29) is 12.1 Å². The van der Waals surface area contributed by atoms with Crippen LogP contribution >= 0.6 is 0 Å². The van der Waals surface area contributed by atoms with Crippen LogP contribution in [0.25, 0.3) is 10.9 Å². The summed E-state index contributed by atoms with van der Waals surface area (Å²) < 4.78 is 29.3. The Balaban J connectivity index is 0.000000201. The Morgan fingerprint density at radius 3 is 2.32 bits per heavy atom. The first kappa shape index (κ1) is 31.6. The number of hydrogen-bond acceptors (Lipinski definition) is 5. The Hall–Kier alpha value is -2.64. The number of alkyl halides is 2. The number of aldehydes is 1. The van der Waals surface area contributed by atoms with Crippen molar-refractivity contribution in [1.82, 2.24) is 15.6 Å². The zero-order chi connectivity index (χ0) is 28.0. The molecule has 0 radical (unpaired) electrons. The molecule has 0 unspecified atom stereocenters. The van der Waals surface area contributed by atoms with Crippen LogP contribution in [0.4, 0.5) is 8.78 Å². The number of ether oxygens (including phenoxy) is 1. The van der Waals surface area contributed by atoms with Crippen LogP contribution in [0.1, 0.15) is 77.0 Å². The number of aromatic nitrogens is 1. The molecular formula is C31H45F2N3O2. The van der Waals surface area contributed by atoms with E-state index >= 15 is 0 Å². The molecule has 3 aliphatic carbocycles. The van der Waals surface area contributed by atoms with Gasteiger partial charge in [0.15, 0.2) is 0 Å². The first-order valence-corrected chi connectivity index (χ1v) is 13.9. The van der Waals surface area contributed by atoms with E-state index in [0.717, 1.165) is 43.8 Å². The quantitative estimate of drug-likeness (QED) is 0.370. The molecule has 0 atom stereocenters. The third-order valence-electron chi connectivity index (χ3n) is 6.42. The first-order valence-electron chi connectivity index (χ1n) is 13.9. The summed E-state index contributed by atoms with van der Waals surface area (Å²) in [7, 11) is 1.93. The number of carbonyl (C=O) groups excluding carboxylic acids is 1. The predicted octanol–water partition coefficient (Wildman–Crippen LogP) is 7.24. The van der Waals surface area contributed by atoms with Gasteiger partial charge in [-0.25, -0.2) is 0 Å². The van der Waals surface area contributed by atoms with Crippen LogP contribution in [0.3, 0.4) is 0 Å². The second-order valence-corrected chi connectivity index (χ2v) is 9.92. The maximum Gasteiger partial charge on any atom is 0.353 e. The van der Waals surface area contributed by atoms with Crippen molar-refractivity contribution in [3.63, 3.8) is 0 Å². The van der Waals surface area contributed by atoms with Crippen LogP contribution in [-0.4, -0.2) is 36.6 Å². The highest BCUT2D eigenvalue weighted by atomic mass is 19.3. The lowest BCUT2D eigenvalue weighted by atomic mass is 9.89. The monoisotopic (exact) mass is 529 g/mol. The van der Waals surface area contributed by atoms with Crippen LogP contribution in [0.2, 0.25) is 0 Å². The lowest BCUT2D eigenvalue weighted by molar-refractivity contribution is -0.264. The zero-order valence-corrected chi connectivity index (χ0v) is 23.6. The summed E-state index contributed by atoms with van der Waals surface area (Å²) >= 11 is 0. The zero-order valence-electron chi connectivity index (χ0n) is 23.6. The van der Waals surface area contributed by atoms with Crippen LogP contribution in [-0.2, 0) is 16.1 Å². The molecule has 2 aromatic rings. The summed E-state index contributed by atoms with van der Waals surface area (Å²) in [5.74, 6) is 0.406. The van der Waals surface area contributed by atoms with Gasteiger partial charge in [-0.2, -0.15) is 8.78 Å². The highest BCUT2D eigenvalue weighted by molar-refractivity contribution is 5.79. The second kappa shape index (κ2) is 16.4. The van der Waals surface area contributed by atoms with Crippen molar-refractivity contribution < 1.29 is 18.3 Å². The van der Waals surface area contributed by atoms with Crippen LogP contribution < -0.4 is 10.6 Å². The lowest BCUT2D eigenvalue weighted by Gasteiger charge is -2.36. The number of nitrogens with zero attached hydrogens (tertiary/aromatic N) is 1. The Labute approximate surface area is 227 Å². The van der Waals surface area contributed by atoms with E-state index in [1.165, 1.54) is 35.8 Å². The fourth-order valence-electron chi connectivity index (χ4n) is 4.29. The predicted molar refractivity (Wildman–Crippen MR) is 152 cm³/mol. The van der Waals surface area contributed by atoms with Crippen molar-refractivity contribution in [3.05, 3.63) is 65.5 Å². The van der Waals surface area contributed by atoms with Crippen molar-refractivity contribution in [3.8, 4) is 0 Å². The van der Waals surface area contributed by atoms with E-state index in [9.17, 15) is 13.6 Å². The molecule has 2 N–H and O–H groups in total. The van der Waals surface area contributed by atoms with Gasteiger partial charge in [0, 0.05) is 37.0 Å². The van der Waals surface area contributed by atoms with Gasteiger partial charge in [-0.3, -0.25) is 4.98 Å². The Morgan fingerprint density at radius 1 is 1.08 bits per heavy atom. The topological polar surface area (TPSA) is 63.2 Å². The van der Waals surface area contributed by atoms with Gasteiger partial charge in [-0.05, 0) is 63.4 Å². The maximum absolute atomic E-state index is 12.4. The van der Waals surface area contributed by atoms with Crippen molar-refractivity contribution in [2.45, 2.75) is 97.4 Å². The van der Waals surface area contributed by atoms with Crippen molar-refractivity contribution >= 4 is 17.2 Å². The fraction of sp³-hybridized carbons (Fsp3) is 0.548. The van der Waals surface area contributed by atoms with Crippen molar-refractivity contribution in [2.75, 3.05) is 7.05 Å². The lowest BCUT2D eigenvalue weighted by Crippen LogP contribution is -2.45. The van der Waals surface area contributed by atoms with Crippen molar-refractivity contribution in [1.29, 1.82) is 0 Å². The van der Waals surface area contributed by atoms with E-state index in [0.29, 0.717) is 18.8 Å². The molecular weight excluding hydrogens is 484 g/mol. The summed E-state index contributed by atoms with van der Waals surface area (Å²) in [4.78, 5) is 14.7. The minimum absolute atomic E-state index is 0.289. The van der Waals surface area contributed by atoms with Crippen molar-refractivity contribution in [2.24, 2.45) is 5.92 Å². The van der Waals surface area contributed by atoms with Gasteiger partial charge in [0.1, 0.15) is 6.29 Å². The normalized spacial score (nSPS) is 19.9. The summed E-state index contributed by atoms with van der Waals surface area (Å²) in [6.07, 6.45) is 11.2. The van der Waals surface area contributed by atoms with Gasteiger partial charge >= 0.3 is 6.11 Å². The van der Waals surface area contributed by atoms with Gasteiger partial charge in [-0.15, -0.1) is 0 Å². The Morgan fingerprint density at radius 2 is 1.76 bits per heavy atom. The number of pyridine rings is 1. The highest BCUT2D eigenvalue weighted by Crippen LogP contribution is 2.29. The van der Waals surface area contributed by atoms with E-state index in [4.69, 9.17) is 0 Å². The third-order valence-corrected chi connectivity index (χ3v) is 6.42. The number of rotatable bonds is 7. The molecule has 1 aromatic carbocycles. The minimum Gasteiger partial charge on any atom is -0.387 e. The number of nitrogens with one attached hydrogen (secondary N) is 2. The fourth-order valence-corrected chi connectivity index (χ4v) is 4.29. The van der Waals surface area contributed by atoms with Crippen LogP contribution in [0.5, 0.6) is 0 Å². The Kier molecular flexibility index (Phi) is 13.6. The standard InChI is InChI=1S/C12H14N2.C10H13F2NO.C7H12O.C2H6/c1-9-3-6-12-10(7-9)4-5-11(14-12)8-13-2;1-10(11,12)14-9-4-8(5-9)13-6-7-2-3-7;8-6-7-4-2-1-3-5-7;1-2/h3-7,13H,8H2,1-2H3;2-3,6,8-9,13H,4-5H2,1H3;6-7H,1-5H2;1-2H3. The molecule has 0 bridgehead atoms. The average Bonchev–Trinajstić information content (AvgIpc) is 3.72. The molecule has 5 rings (SSSR count). The third kappa shape index (κ3) is 12.3. The number of aryl methyl sites for hydroxylation is 1. The molecule has 0 amide bonds. The number of carbonyl (C=O) groups is 1. The van der Waals surface area contributed by atoms with Gasteiger partial charge < -0.3 is 20.2 Å². The highest BCUT2D eigenvalue weighted by Gasteiger charge is 2.36. The van der Waals surface area contributed by atoms with E-state index in [1.807, 2.05) is 39.2 Å². The maximum atomic E-state index is 12.4. The van der Waals surface area contributed by atoms with E-state index in [2.05, 4.69) is 57.6 Å². The summed E-state index contributed by atoms with van der Waals surface area (Å²) in [6, 6.07) is 10.8. The number of allylic oxidation sites excluding steroid dienone is 3. The van der Waals surface area contributed by atoms with E-state index in [1.54, 1.807) is 0 Å². The number of fused-ring (bicyclic) bond motifs is 1. The number of benzene rings is 1. The molecule has 0 spiro atoms. The molecule has 5 nitrogen and oxygen atoms in total. The molecule has 210 valence electrons.